The van der Waals surface area contributed by atoms with E-state index in [1.807, 2.05) is 42.5 Å². The number of nitriles is 1. The fourth-order valence-corrected chi connectivity index (χ4v) is 2.26. The Kier molecular flexibility index (Phi) is 4.26. The van der Waals surface area contributed by atoms with E-state index in [0.717, 1.165) is 5.56 Å². The summed E-state index contributed by atoms with van der Waals surface area (Å²) in [5.74, 6) is 1.18. The third-order valence-corrected chi connectivity index (χ3v) is 3.35. The Balaban J connectivity index is 1.84. The van der Waals surface area contributed by atoms with Crippen LogP contribution in [-0.2, 0) is 15.9 Å². The van der Waals surface area contributed by atoms with Gasteiger partial charge in [-0.25, -0.2) is 0 Å². The molecule has 4 nitrogen and oxygen atoms in total. The minimum atomic E-state index is -0.334. The van der Waals surface area contributed by atoms with E-state index in [-0.39, 0.29) is 12.9 Å². The SMILES string of the molecule is N#Cc1ccccc1OC(Cc1ccccc1)C1=COCO1. The zero-order valence-corrected chi connectivity index (χ0v) is 11.9. The molecule has 1 atom stereocenters. The highest BCUT2D eigenvalue weighted by Gasteiger charge is 2.23. The average Bonchev–Trinajstić information content (AvgIpc) is 3.10. The molecule has 0 N–H and O–H groups in total. The Morgan fingerprint density at radius 2 is 1.86 bits per heavy atom. The topological polar surface area (TPSA) is 51.5 Å². The fraction of sp³-hybridized carbons (Fsp3) is 0.167. The van der Waals surface area contributed by atoms with E-state index in [1.165, 1.54) is 0 Å². The lowest BCUT2D eigenvalue weighted by Crippen LogP contribution is -2.23. The zero-order chi connectivity index (χ0) is 15.2. The van der Waals surface area contributed by atoms with Crippen LogP contribution in [0.15, 0.2) is 66.6 Å². The van der Waals surface area contributed by atoms with Crippen molar-refractivity contribution in [2.24, 2.45) is 0 Å². The lowest BCUT2D eigenvalue weighted by molar-refractivity contribution is 0.0557. The summed E-state index contributed by atoms with van der Waals surface area (Å²) in [4.78, 5) is 0. The Labute approximate surface area is 129 Å². The molecule has 0 bridgehead atoms. The highest BCUT2D eigenvalue weighted by Crippen LogP contribution is 2.24. The van der Waals surface area contributed by atoms with Gasteiger partial charge < -0.3 is 14.2 Å². The van der Waals surface area contributed by atoms with Crippen molar-refractivity contribution < 1.29 is 14.2 Å². The third kappa shape index (κ3) is 3.21. The Hall–Kier alpha value is -2.93. The van der Waals surface area contributed by atoms with Gasteiger partial charge in [-0.15, -0.1) is 0 Å². The van der Waals surface area contributed by atoms with Gasteiger partial charge in [0, 0.05) is 6.42 Å². The molecule has 0 aliphatic carbocycles. The summed E-state index contributed by atoms with van der Waals surface area (Å²) in [5, 5.41) is 9.19. The molecule has 1 aliphatic heterocycles. The Bertz CT molecular complexity index is 704. The number of hydrogen-bond donors (Lipinski definition) is 0. The van der Waals surface area contributed by atoms with Crippen LogP contribution >= 0.6 is 0 Å². The van der Waals surface area contributed by atoms with E-state index >= 15 is 0 Å². The molecule has 4 heteroatoms. The van der Waals surface area contributed by atoms with Gasteiger partial charge in [0.15, 0.2) is 11.9 Å². The van der Waals surface area contributed by atoms with Gasteiger partial charge in [0.2, 0.25) is 6.79 Å². The molecule has 1 unspecified atom stereocenters. The van der Waals surface area contributed by atoms with Crippen LogP contribution in [0, 0.1) is 11.3 Å². The van der Waals surface area contributed by atoms with Crippen molar-refractivity contribution >= 4 is 0 Å². The molecule has 110 valence electrons. The first-order valence-electron chi connectivity index (χ1n) is 7.01. The van der Waals surface area contributed by atoms with Crippen molar-refractivity contribution in [1.29, 1.82) is 5.26 Å². The first-order chi connectivity index (χ1) is 10.9. The van der Waals surface area contributed by atoms with Crippen LogP contribution < -0.4 is 4.74 Å². The molecule has 2 aromatic rings. The van der Waals surface area contributed by atoms with Crippen molar-refractivity contribution in [3.05, 3.63) is 77.7 Å². The summed E-state index contributed by atoms with van der Waals surface area (Å²) in [7, 11) is 0. The maximum atomic E-state index is 9.19. The second kappa shape index (κ2) is 6.68. The number of benzene rings is 2. The maximum absolute atomic E-state index is 9.19. The van der Waals surface area contributed by atoms with Gasteiger partial charge in [-0.1, -0.05) is 42.5 Å². The molecule has 0 saturated heterocycles. The standard InChI is InChI=1S/C18H15NO3/c19-11-15-8-4-5-9-16(15)22-17(18-12-20-13-21-18)10-14-6-2-1-3-7-14/h1-9,12,17H,10,13H2. The molecule has 0 radical (unpaired) electrons. The second-order valence-electron chi connectivity index (χ2n) is 4.85. The van der Waals surface area contributed by atoms with Crippen molar-refractivity contribution in [2.75, 3.05) is 6.79 Å². The van der Waals surface area contributed by atoms with Gasteiger partial charge in [0.25, 0.3) is 0 Å². The van der Waals surface area contributed by atoms with E-state index in [1.54, 1.807) is 18.4 Å². The fourth-order valence-electron chi connectivity index (χ4n) is 2.26. The van der Waals surface area contributed by atoms with E-state index in [9.17, 15) is 5.26 Å². The van der Waals surface area contributed by atoms with E-state index in [0.29, 0.717) is 23.5 Å². The first-order valence-corrected chi connectivity index (χ1v) is 7.01. The molecule has 0 spiro atoms. The molecular formula is C18H15NO3. The summed E-state index contributed by atoms with van der Waals surface area (Å²) >= 11 is 0. The second-order valence-corrected chi connectivity index (χ2v) is 4.85. The molecule has 2 aromatic carbocycles. The summed E-state index contributed by atoms with van der Waals surface area (Å²) < 4.78 is 16.6. The van der Waals surface area contributed by atoms with Crippen LogP contribution in [0.25, 0.3) is 0 Å². The summed E-state index contributed by atoms with van der Waals surface area (Å²) in [6.07, 6.45) is 1.87. The number of para-hydroxylation sites is 1. The average molecular weight is 293 g/mol. The van der Waals surface area contributed by atoms with Crippen molar-refractivity contribution in [1.82, 2.24) is 0 Å². The maximum Gasteiger partial charge on any atom is 0.230 e. The smallest absolute Gasteiger partial charge is 0.230 e. The van der Waals surface area contributed by atoms with Gasteiger partial charge in [-0.2, -0.15) is 5.26 Å². The predicted molar refractivity (Wildman–Crippen MR) is 80.8 cm³/mol. The monoisotopic (exact) mass is 293 g/mol. The highest BCUT2D eigenvalue weighted by atomic mass is 16.7. The van der Waals surface area contributed by atoms with E-state index < -0.39 is 0 Å². The Morgan fingerprint density at radius 3 is 2.59 bits per heavy atom. The minimum Gasteiger partial charge on any atom is -0.481 e. The molecule has 0 amide bonds. The normalized spacial score (nSPS) is 14.2. The molecular weight excluding hydrogens is 278 g/mol. The van der Waals surface area contributed by atoms with Crippen LogP contribution in [0.1, 0.15) is 11.1 Å². The lowest BCUT2D eigenvalue weighted by atomic mass is 10.1. The zero-order valence-electron chi connectivity index (χ0n) is 11.9. The quantitative estimate of drug-likeness (QED) is 0.848. The van der Waals surface area contributed by atoms with E-state index in [4.69, 9.17) is 14.2 Å². The highest BCUT2D eigenvalue weighted by molar-refractivity contribution is 5.43. The van der Waals surface area contributed by atoms with Gasteiger partial charge >= 0.3 is 0 Å². The number of nitrogens with zero attached hydrogens (tertiary/aromatic N) is 1. The van der Waals surface area contributed by atoms with Crippen molar-refractivity contribution in [3.8, 4) is 11.8 Å². The van der Waals surface area contributed by atoms with Gasteiger partial charge in [0.05, 0.1) is 5.56 Å². The van der Waals surface area contributed by atoms with Gasteiger partial charge in [-0.3, -0.25) is 0 Å². The minimum absolute atomic E-state index is 0.198. The predicted octanol–water partition coefficient (Wildman–Crippen LogP) is 3.39. The van der Waals surface area contributed by atoms with Crippen LogP contribution in [0.2, 0.25) is 0 Å². The van der Waals surface area contributed by atoms with E-state index in [2.05, 4.69) is 6.07 Å². The molecule has 22 heavy (non-hydrogen) atoms. The number of hydrogen-bond acceptors (Lipinski definition) is 4. The molecule has 1 aliphatic rings. The molecule has 0 fully saturated rings. The van der Waals surface area contributed by atoms with Crippen LogP contribution in [0.5, 0.6) is 5.75 Å². The third-order valence-electron chi connectivity index (χ3n) is 3.35. The lowest BCUT2D eigenvalue weighted by Gasteiger charge is -2.19. The van der Waals surface area contributed by atoms with Gasteiger partial charge in [-0.05, 0) is 17.7 Å². The summed E-state index contributed by atoms with van der Waals surface area (Å²) in [6.45, 7) is 0.198. The molecule has 0 saturated carbocycles. The van der Waals surface area contributed by atoms with Crippen LogP contribution in [0.4, 0.5) is 0 Å². The van der Waals surface area contributed by atoms with Crippen molar-refractivity contribution in [3.63, 3.8) is 0 Å². The summed E-state index contributed by atoms with van der Waals surface area (Å²) in [6, 6.07) is 19.3. The van der Waals surface area contributed by atoms with Crippen LogP contribution in [-0.4, -0.2) is 12.9 Å². The van der Waals surface area contributed by atoms with Crippen molar-refractivity contribution in [2.45, 2.75) is 12.5 Å². The summed E-state index contributed by atoms with van der Waals surface area (Å²) in [5.41, 5.74) is 1.62. The molecule has 1 heterocycles. The largest absolute Gasteiger partial charge is 0.481 e. The Morgan fingerprint density at radius 1 is 1.09 bits per heavy atom. The first kappa shape index (κ1) is 14.0. The number of rotatable bonds is 5. The number of ether oxygens (including phenoxy) is 3. The molecule has 3 rings (SSSR count). The van der Waals surface area contributed by atoms with Crippen LogP contribution in [0.3, 0.4) is 0 Å². The molecule has 0 aromatic heterocycles. The van der Waals surface area contributed by atoms with Gasteiger partial charge in [0.1, 0.15) is 18.1 Å².